The number of halogens is 1. The van der Waals surface area contributed by atoms with Gasteiger partial charge in [0, 0.05) is 65.4 Å². The van der Waals surface area contributed by atoms with Gasteiger partial charge in [-0.1, -0.05) is 41.4 Å². The first kappa shape index (κ1) is 27.4. The summed E-state index contributed by atoms with van der Waals surface area (Å²) in [6.45, 7) is 3.34. The molecule has 4 aromatic rings. The molecule has 0 radical (unpaired) electrons. The molecule has 1 saturated heterocycles. The summed E-state index contributed by atoms with van der Waals surface area (Å²) in [7, 11) is 1.74. The third-order valence-corrected chi connectivity index (χ3v) is 6.64. The molecule has 4 heterocycles. The number of nitrogens with one attached hydrogen (secondary N) is 2. The van der Waals surface area contributed by atoms with Gasteiger partial charge in [-0.15, -0.1) is 0 Å². The second-order valence-electron chi connectivity index (χ2n) is 8.92. The van der Waals surface area contributed by atoms with Crippen molar-refractivity contribution in [2.75, 3.05) is 24.1 Å². The molecule has 1 aromatic carbocycles. The molecule has 1 unspecified atom stereocenters. The van der Waals surface area contributed by atoms with Crippen LogP contribution in [0.25, 0.3) is 22.3 Å². The quantitative estimate of drug-likeness (QED) is 0.310. The molecule has 1 fully saturated rings. The Labute approximate surface area is 224 Å². The van der Waals surface area contributed by atoms with Gasteiger partial charge < -0.3 is 20.9 Å². The molecule has 206 valence electrons. The van der Waals surface area contributed by atoms with Crippen LogP contribution in [-0.2, 0) is 30.4 Å². The van der Waals surface area contributed by atoms with Crippen LogP contribution < -0.4 is 21.9 Å². The fourth-order valence-corrected chi connectivity index (χ4v) is 4.80. The molecule has 0 saturated carbocycles. The first-order valence-electron chi connectivity index (χ1n) is 12.2. The van der Waals surface area contributed by atoms with E-state index in [2.05, 4.69) is 25.7 Å². The van der Waals surface area contributed by atoms with Gasteiger partial charge in [0.1, 0.15) is 17.6 Å². The number of aryl methyl sites for hydroxylation is 2. The van der Waals surface area contributed by atoms with E-state index in [9.17, 15) is 17.9 Å². The third-order valence-electron chi connectivity index (χ3n) is 6.08. The van der Waals surface area contributed by atoms with E-state index >= 15 is 0 Å². The molecule has 1 aliphatic heterocycles. The highest BCUT2D eigenvalue weighted by atomic mass is 32.2. The summed E-state index contributed by atoms with van der Waals surface area (Å²) in [5, 5.41) is 11.0. The standard InChI is InChI=1S/C18H23FN8O.C7H8O2S.2H2/c1-3-27-16-10(4-13(17(27)28)14-6-15(20)25-26(14)2)7-22-18(24-16)23-12-5-11(19)8-21-9-12;8-10(9)6-7-4-2-1-3-5-7;;/h4,6-7,11-12,21H,3,5,8-9H2,1-2H3,(H2,20,25)(H,22,23,24);1-5H,6H2,(H,8,9);2*1H/p-1/t11-,12-;;;/m0.../s1. The van der Waals surface area contributed by atoms with E-state index in [0.29, 0.717) is 54.7 Å². The van der Waals surface area contributed by atoms with E-state index in [1.54, 1.807) is 46.8 Å². The van der Waals surface area contributed by atoms with Crippen LogP contribution in [0.4, 0.5) is 16.2 Å². The van der Waals surface area contributed by atoms with Crippen LogP contribution in [-0.4, -0.2) is 58.4 Å². The van der Waals surface area contributed by atoms with Gasteiger partial charge >= 0.3 is 0 Å². The average Bonchev–Trinajstić information content (AvgIpc) is 3.22. The Balaban J connectivity index is 0.000000399. The number of rotatable bonds is 6. The summed E-state index contributed by atoms with van der Waals surface area (Å²) in [4.78, 5) is 22.0. The zero-order chi connectivity index (χ0) is 27.2. The monoisotopic (exact) mass is 545 g/mol. The number of nitrogens with two attached hydrogens (primary N) is 1. The van der Waals surface area contributed by atoms with E-state index in [4.69, 9.17) is 5.73 Å². The summed E-state index contributed by atoms with van der Waals surface area (Å²) < 4.78 is 37.1. The summed E-state index contributed by atoms with van der Waals surface area (Å²) in [6.07, 6.45) is 1.17. The molecule has 3 atom stereocenters. The van der Waals surface area contributed by atoms with E-state index in [1.807, 2.05) is 25.1 Å². The lowest BCUT2D eigenvalue weighted by atomic mass is 10.1. The van der Waals surface area contributed by atoms with Gasteiger partial charge in [-0.05, 0) is 18.6 Å². The van der Waals surface area contributed by atoms with E-state index < -0.39 is 17.3 Å². The molecule has 11 nitrogen and oxygen atoms in total. The molecule has 0 amide bonds. The number of fused-ring (bicyclic) bond motifs is 1. The number of benzene rings is 1. The van der Waals surface area contributed by atoms with E-state index in [0.717, 1.165) is 10.9 Å². The van der Waals surface area contributed by atoms with E-state index in [1.165, 1.54) is 0 Å². The van der Waals surface area contributed by atoms with Crippen LogP contribution in [0.1, 0.15) is 21.8 Å². The smallest absolute Gasteiger partial charge is 0.261 e. The number of piperidine rings is 1. The first-order chi connectivity index (χ1) is 18.2. The summed E-state index contributed by atoms with van der Waals surface area (Å²) >= 11 is -1.97. The number of alkyl halides is 1. The van der Waals surface area contributed by atoms with Crippen LogP contribution >= 0.6 is 0 Å². The van der Waals surface area contributed by atoms with Gasteiger partial charge in [-0.25, -0.2) is 9.37 Å². The zero-order valence-electron chi connectivity index (χ0n) is 21.1. The van der Waals surface area contributed by atoms with Crippen molar-refractivity contribution in [3.05, 3.63) is 64.6 Å². The van der Waals surface area contributed by atoms with Crippen LogP contribution in [0.2, 0.25) is 0 Å². The summed E-state index contributed by atoms with van der Waals surface area (Å²) in [5.41, 5.74) is 8.07. The van der Waals surface area contributed by atoms with Gasteiger partial charge in [-0.3, -0.25) is 18.3 Å². The molecule has 1 aliphatic rings. The second kappa shape index (κ2) is 12.2. The Morgan fingerprint density at radius 3 is 2.68 bits per heavy atom. The van der Waals surface area contributed by atoms with Crippen LogP contribution in [0.5, 0.6) is 0 Å². The number of nitrogens with zero attached hydrogens (tertiary/aromatic N) is 5. The second-order valence-corrected chi connectivity index (χ2v) is 9.82. The Morgan fingerprint density at radius 1 is 1.29 bits per heavy atom. The minimum Gasteiger partial charge on any atom is -0.772 e. The predicted molar refractivity (Wildman–Crippen MR) is 149 cm³/mol. The topological polar surface area (TPSA) is 156 Å². The Kier molecular flexibility index (Phi) is 8.81. The van der Waals surface area contributed by atoms with Crippen LogP contribution in [0, 0.1) is 0 Å². The number of hydrogen-bond donors (Lipinski definition) is 3. The van der Waals surface area contributed by atoms with Gasteiger partial charge in [0.25, 0.3) is 5.56 Å². The number of pyridine rings is 1. The highest BCUT2D eigenvalue weighted by Crippen LogP contribution is 2.22. The highest BCUT2D eigenvalue weighted by molar-refractivity contribution is 7.78. The molecule has 0 bridgehead atoms. The number of aromatic nitrogens is 5. The highest BCUT2D eigenvalue weighted by Gasteiger charge is 2.22. The largest absolute Gasteiger partial charge is 0.772 e. The normalized spacial score (nSPS) is 18.0. The van der Waals surface area contributed by atoms with Gasteiger partial charge in [0.05, 0.1) is 11.3 Å². The molecule has 4 N–H and O–H groups in total. The maximum atomic E-state index is 13.6. The van der Waals surface area contributed by atoms with Crippen molar-refractivity contribution >= 4 is 33.9 Å². The van der Waals surface area contributed by atoms with Crippen LogP contribution in [0.3, 0.4) is 0 Å². The SMILES string of the molecule is CCn1c(=O)c(-c2cc(N)nn2C)cc2cnc(N[C@@H]3CNC[C@@H](F)C3)nc21.O=S([O-])Cc1ccccc1.[HH].[HH]. The number of anilines is 2. The minimum atomic E-state index is -1.97. The van der Waals surface area contributed by atoms with Crippen molar-refractivity contribution in [2.45, 2.75) is 37.9 Å². The fraction of sp³-hybridized carbons (Fsp3) is 0.360. The number of hydrogen-bond acceptors (Lipinski definition) is 9. The van der Waals surface area contributed by atoms with Gasteiger partial charge in [0.15, 0.2) is 0 Å². The lowest BCUT2D eigenvalue weighted by molar-refractivity contribution is 0.254. The average molecular weight is 546 g/mol. The molecular formula is C25H34FN8O3S-. The number of nitrogen functional groups attached to an aromatic ring is 1. The van der Waals surface area contributed by atoms with Crippen molar-refractivity contribution in [1.82, 2.24) is 29.6 Å². The lowest BCUT2D eigenvalue weighted by Crippen LogP contribution is -2.44. The Morgan fingerprint density at radius 2 is 2.05 bits per heavy atom. The van der Waals surface area contributed by atoms with Crippen molar-refractivity contribution in [1.29, 1.82) is 0 Å². The van der Waals surface area contributed by atoms with Crippen molar-refractivity contribution in [3.8, 4) is 11.3 Å². The molecule has 13 heteroatoms. The van der Waals surface area contributed by atoms with Crippen molar-refractivity contribution < 1.29 is 16.0 Å². The molecule has 0 spiro atoms. The predicted octanol–water partition coefficient (Wildman–Crippen LogP) is 2.46. The minimum absolute atomic E-state index is 0. The molecule has 38 heavy (non-hydrogen) atoms. The van der Waals surface area contributed by atoms with E-state index in [-0.39, 0.29) is 20.2 Å². The summed E-state index contributed by atoms with van der Waals surface area (Å²) in [6, 6.07) is 12.4. The third kappa shape index (κ3) is 6.60. The molecule has 3 aromatic heterocycles. The maximum absolute atomic E-state index is 13.6. The molecular weight excluding hydrogens is 511 g/mol. The zero-order valence-corrected chi connectivity index (χ0v) is 21.9. The Hall–Kier alpha value is -3.68. The van der Waals surface area contributed by atoms with Crippen molar-refractivity contribution in [2.24, 2.45) is 7.05 Å². The van der Waals surface area contributed by atoms with Crippen molar-refractivity contribution in [3.63, 3.8) is 0 Å². The molecule has 0 aliphatic carbocycles. The maximum Gasteiger partial charge on any atom is 0.261 e. The first-order valence-corrected chi connectivity index (χ1v) is 13.4. The van der Waals surface area contributed by atoms with Gasteiger partial charge in [0.2, 0.25) is 5.95 Å². The molecule has 5 rings (SSSR count). The fourth-order valence-electron chi connectivity index (χ4n) is 4.34. The van der Waals surface area contributed by atoms with Crippen LogP contribution in [0.15, 0.2) is 53.5 Å². The lowest BCUT2D eigenvalue weighted by Gasteiger charge is -2.26. The summed E-state index contributed by atoms with van der Waals surface area (Å²) in [5.74, 6) is 0.844. The van der Waals surface area contributed by atoms with Gasteiger partial charge in [-0.2, -0.15) is 10.1 Å². The Bertz CT molecular complexity index is 1490.